The third kappa shape index (κ3) is 2.56. The number of anilines is 1. The minimum atomic E-state index is -3.09. The minimum Gasteiger partial charge on any atom is -0.395 e. The number of hydrogen-bond donors (Lipinski definition) is 1. The van der Waals surface area contributed by atoms with Gasteiger partial charge in [-0.2, -0.15) is 0 Å². The van der Waals surface area contributed by atoms with E-state index in [4.69, 9.17) is 0 Å². The van der Waals surface area contributed by atoms with E-state index in [0.717, 1.165) is 19.4 Å². The molecule has 116 valence electrons. The Bertz CT molecular complexity index is 622. The molecule has 0 bridgehead atoms. The van der Waals surface area contributed by atoms with Crippen molar-refractivity contribution in [2.24, 2.45) is 0 Å². The molecule has 1 aromatic carbocycles. The van der Waals surface area contributed by atoms with Crippen molar-refractivity contribution in [1.29, 1.82) is 0 Å². The van der Waals surface area contributed by atoms with E-state index in [9.17, 15) is 13.5 Å². The molecule has 1 N–H and O–H groups in total. The largest absolute Gasteiger partial charge is 0.395 e. The summed E-state index contributed by atoms with van der Waals surface area (Å²) in [6.07, 6.45) is 2.98. The molecule has 2 aliphatic rings. The van der Waals surface area contributed by atoms with Crippen LogP contribution < -0.4 is 4.90 Å². The topological polar surface area (TPSA) is 60.9 Å². The van der Waals surface area contributed by atoms with Crippen LogP contribution in [-0.2, 0) is 15.4 Å². The van der Waals surface area contributed by atoms with Gasteiger partial charge in [-0.05, 0) is 24.5 Å². The molecule has 1 saturated heterocycles. The van der Waals surface area contributed by atoms with Crippen molar-refractivity contribution in [1.82, 2.24) is 4.31 Å². The Hall–Kier alpha value is -1.11. The number of piperidine rings is 1. The van der Waals surface area contributed by atoms with E-state index in [1.807, 2.05) is 12.1 Å². The summed E-state index contributed by atoms with van der Waals surface area (Å²) in [4.78, 5) is 2.23. The summed E-state index contributed by atoms with van der Waals surface area (Å²) in [5.74, 6) is 0. The van der Waals surface area contributed by atoms with Crippen molar-refractivity contribution < 1.29 is 13.5 Å². The molecule has 0 saturated carbocycles. The van der Waals surface area contributed by atoms with Crippen LogP contribution in [0.4, 0.5) is 5.69 Å². The molecular formula is C15H22N2O3S. The Labute approximate surface area is 126 Å². The van der Waals surface area contributed by atoms with Gasteiger partial charge in [0.2, 0.25) is 10.0 Å². The van der Waals surface area contributed by atoms with E-state index in [0.29, 0.717) is 19.6 Å². The second-order valence-electron chi connectivity index (χ2n) is 6.10. The smallest absolute Gasteiger partial charge is 0.211 e. The predicted octanol–water partition coefficient (Wildman–Crippen LogP) is 0.792. The van der Waals surface area contributed by atoms with Crippen LogP contribution in [0.5, 0.6) is 0 Å². The lowest BCUT2D eigenvalue weighted by Gasteiger charge is -2.39. The summed E-state index contributed by atoms with van der Waals surface area (Å²) in [7, 11) is -3.09. The lowest BCUT2D eigenvalue weighted by atomic mass is 9.75. The Morgan fingerprint density at radius 1 is 1.24 bits per heavy atom. The summed E-state index contributed by atoms with van der Waals surface area (Å²) in [6.45, 7) is 2.82. The predicted molar refractivity (Wildman–Crippen MR) is 83.1 cm³/mol. The number of fused-ring (bicyclic) bond motifs is 2. The number of benzene rings is 1. The van der Waals surface area contributed by atoms with E-state index in [1.165, 1.54) is 17.5 Å². The van der Waals surface area contributed by atoms with Gasteiger partial charge in [-0.1, -0.05) is 18.2 Å². The van der Waals surface area contributed by atoms with Crippen molar-refractivity contribution in [2.75, 3.05) is 43.9 Å². The van der Waals surface area contributed by atoms with Gasteiger partial charge >= 0.3 is 0 Å². The summed E-state index contributed by atoms with van der Waals surface area (Å²) in [5, 5.41) is 9.26. The molecule has 0 aliphatic carbocycles. The van der Waals surface area contributed by atoms with E-state index in [2.05, 4.69) is 17.0 Å². The number of β-amino-alcohol motifs (C(OH)–C–C–N with tert-alkyl or cyclic N) is 1. The average molecular weight is 310 g/mol. The van der Waals surface area contributed by atoms with Crippen molar-refractivity contribution in [3.8, 4) is 0 Å². The fraction of sp³-hybridized carbons (Fsp3) is 0.600. The van der Waals surface area contributed by atoms with Gasteiger partial charge in [0.05, 0.1) is 12.9 Å². The number of rotatable bonds is 3. The molecule has 2 aliphatic heterocycles. The zero-order chi connectivity index (χ0) is 15.1. The van der Waals surface area contributed by atoms with Gasteiger partial charge in [0.25, 0.3) is 0 Å². The fourth-order valence-corrected chi connectivity index (χ4v) is 4.57. The summed E-state index contributed by atoms with van der Waals surface area (Å²) < 4.78 is 24.9. The van der Waals surface area contributed by atoms with E-state index >= 15 is 0 Å². The molecule has 0 amide bonds. The van der Waals surface area contributed by atoms with Gasteiger partial charge in [0, 0.05) is 37.3 Å². The van der Waals surface area contributed by atoms with Crippen LogP contribution in [0, 0.1) is 0 Å². The van der Waals surface area contributed by atoms with Crippen LogP contribution in [0.15, 0.2) is 24.3 Å². The van der Waals surface area contributed by atoms with Crippen molar-refractivity contribution in [3.63, 3.8) is 0 Å². The summed E-state index contributed by atoms with van der Waals surface area (Å²) in [5.41, 5.74) is 2.54. The average Bonchev–Trinajstić information content (AvgIpc) is 2.74. The molecule has 0 radical (unpaired) electrons. The molecule has 21 heavy (non-hydrogen) atoms. The molecular weight excluding hydrogens is 288 g/mol. The van der Waals surface area contributed by atoms with Gasteiger partial charge in [-0.3, -0.25) is 0 Å². The lowest BCUT2D eigenvalue weighted by Crippen LogP contribution is -2.47. The van der Waals surface area contributed by atoms with Gasteiger partial charge in [-0.15, -0.1) is 0 Å². The van der Waals surface area contributed by atoms with Gasteiger partial charge < -0.3 is 10.0 Å². The van der Waals surface area contributed by atoms with Crippen molar-refractivity contribution >= 4 is 15.7 Å². The van der Waals surface area contributed by atoms with Crippen LogP contribution >= 0.6 is 0 Å². The van der Waals surface area contributed by atoms with Gasteiger partial charge in [-0.25, -0.2) is 12.7 Å². The maximum absolute atomic E-state index is 11.7. The number of aliphatic hydroxyl groups excluding tert-OH is 1. The normalized spacial score (nSPS) is 21.7. The molecule has 3 rings (SSSR count). The Kier molecular flexibility index (Phi) is 3.71. The van der Waals surface area contributed by atoms with Crippen molar-refractivity contribution in [3.05, 3.63) is 29.8 Å². The van der Waals surface area contributed by atoms with Gasteiger partial charge in [0.1, 0.15) is 0 Å². The zero-order valence-corrected chi connectivity index (χ0v) is 13.1. The molecule has 1 aromatic rings. The highest BCUT2D eigenvalue weighted by Gasteiger charge is 2.45. The quantitative estimate of drug-likeness (QED) is 0.897. The third-order valence-electron chi connectivity index (χ3n) is 4.83. The number of nitrogens with zero attached hydrogens (tertiary/aromatic N) is 2. The SMILES string of the molecule is CS(=O)(=O)N1CCC2(CC1)CN(CCO)c1ccccc12. The Morgan fingerprint density at radius 2 is 1.90 bits per heavy atom. The first-order valence-electron chi connectivity index (χ1n) is 7.37. The molecule has 0 atom stereocenters. The molecule has 0 unspecified atom stereocenters. The standard InChI is InChI=1S/C15H22N2O3S/c1-21(19,20)17-8-6-15(7-9-17)12-16(10-11-18)14-5-3-2-4-13(14)15/h2-5,18H,6-12H2,1H3. The van der Waals surface area contributed by atoms with Crippen LogP contribution in [0.2, 0.25) is 0 Å². The van der Waals surface area contributed by atoms with Crippen LogP contribution in [0.1, 0.15) is 18.4 Å². The third-order valence-corrected chi connectivity index (χ3v) is 6.13. The molecule has 0 aromatic heterocycles. The second-order valence-corrected chi connectivity index (χ2v) is 8.09. The minimum absolute atomic E-state index is 0.0347. The molecule has 1 spiro atoms. The van der Waals surface area contributed by atoms with E-state index in [1.54, 1.807) is 4.31 Å². The number of para-hydroxylation sites is 1. The first-order chi connectivity index (χ1) is 9.96. The Balaban J connectivity index is 1.87. The van der Waals surface area contributed by atoms with E-state index < -0.39 is 10.0 Å². The number of hydrogen-bond acceptors (Lipinski definition) is 4. The first kappa shape index (κ1) is 14.8. The monoisotopic (exact) mass is 310 g/mol. The number of aliphatic hydroxyl groups is 1. The van der Waals surface area contributed by atoms with Crippen LogP contribution in [0.25, 0.3) is 0 Å². The van der Waals surface area contributed by atoms with Crippen molar-refractivity contribution in [2.45, 2.75) is 18.3 Å². The maximum Gasteiger partial charge on any atom is 0.211 e. The van der Waals surface area contributed by atoms with Crippen LogP contribution in [-0.4, -0.2) is 56.9 Å². The molecule has 2 heterocycles. The van der Waals surface area contributed by atoms with Crippen LogP contribution in [0.3, 0.4) is 0 Å². The number of sulfonamides is 1. The molecule has 1 fully saturated rings. The lowest BCUT2D eigenvalue weighted by molar-refractivity contribution is 0.241. The highest BCUT2D eigenvalue weighted by molar-refractivity contribution is 7.88. The molecule has 5 nitrogen and oxygen atoms in total. The van der Waals surface area contributed by atoms with Gasteiger partial charge in [0.15, 0.2) is 0 Å². The second kappa shape index (κ2) is 5.26. The van der Waals surface area contributed by atoms with E-state index in [-0.39, 0.29) is 12.0 Å². The maximum atomic E-state index is 11.7. The summed E-state index contributed by atoms with van der Waals surface area (Å²) in [6, 6.07) is 8.32. The molecule has 6 heteroatoms. The zero-order valence-electron chi connectivity index (χ0n) is 12.3. The fourth-order valence-electron chi connectivity index (χ4n) is 3.73. The first-order valence-corrected chi connectivity index (χ1v) is 9.22. The summed E-state index contributed by atoms with van der Waals surface area (Å²) >= 11 is 0. The highest BCUT2D eigenvalue weighted by atomic mass is 32.2. The Morgan fingerprint density at radius 3 is 2.52 bits per heavy atom. The highest BCUT2D eigenvalue weighted by Crippen LogP contribution is 2.46.